The van der Waals surface area contributed by atoms with Crippen LogP contribution in [0.3, 0.4) is 0 Å². The molecule has 6 atom stereocenters. The molecule has 184 valence electrons. The van der Waals surface area contributed by atoms with Crippen LogP contribution in [0.2, 0.25) is 0 Å². The van der Waals surface area contributed by atoms with Gasteiger partial charge in [-0.2, -0.15) is 0 Å². The summed E-state index contributed by atoms with van der Waals surface area (Å²) in [4.78, 5) is 38.6. The summed E-state index contributed by atoms with van der Waals surface area (Å²) in [6.07, 6.45) is -13.3. The van der Waals surface area contributed by atoms with E-state index in [0.717, 1.165) is 6.42 Å². The molecule has 0 aliphatic heterocycles. The van der Waals surface area contributed by atoms with E-state index < -0.39 is 77.6 Å². The van der Waals surface area contributed by atoms with Crippen LogP contribution in [0.5, 0.6) is 0 Å². The van der Waals surface area contributed by atoms with Gasteiger partial charge in [0.1, 0.15) is 49.3 Å². The normalized spacial score (nSPS) is 32.3. The Bertz CT molecular complexity index is 652. The van der Waals surface area contributed by atoms with Gasteiger partial charge >= 0.3 is 21.6 Å². The van der Waals surface area contributed by atoms with Crippen molar-refractivity contribution in [1.82, 2.24) is 0 Å². The molecule has 0 heterocycles. The van der Waals surface area contributed by atoms with Crippen LogP contribution in [0, 0.1) is 0 Å². The maximum atomic E-state index is 12.0. The van der Waals surface area contributed by atoms with Gasteiger partial charge in [-0.05, 0) is 6.42 Å². The molecule has 0 bridgehead atoms. The van der Waals surface area contributed by atoms with Gasteiger partial charge in [0.2, 0.25) is 0 Å². The van der Waals surface area contributed by atoms with Gasteiger partial charge in [0.15, 0.2) is 0 Å². The lowest BCUT2D eigenvalue weighted by molar-refractivity contribution is -0.216. The average molecular weight is 498 g/mol. The van der Waals surface area contributed by atoms with Gasteiger partial charge in [0.05, 0.1) is 6.61 Å². The second-order valence-electron chi connectivity index (χ2n) is 6.80. The smallest absolute Gasteiger partial charge is 0.463 e. The van der Waals surface area contributed by atoms with E-state index >= 15 is 0 Å². The average Bonchev–Trinajstić information content (AvgIpc) is 2.67. The molecule has 0 saturated heterocycles. The number of ether oxygens (including phenoxy) is 1. The first kappa shape index (κ1) is 28.5. The molecule has 1 aliphatic rings. The van der Waals surface area contributed by atoms with E-state index in [1.165, 1.54) is 0 Å². The summed E-state index contributed by atoms with van der Waals surface area (Å²) >= 11 is 0. The molecule has 31 heavy (non-hydrogen) atoms. The van der Waals surface area contributed by atoms with Crippen LogP contribution in [-0.4, -0.2) is 102 Å². The maximum Gasteiger partial charge on any atom is 0.472 e. The number of esters is 1. The van der Waals surface area contributed by atoms with Gasteiger partial charge in [-0.25, -0.2) is 9.13 Å². The summed E-state index contributed by atoms with van der Waals surface area (Å²) in [5, 5.41) is 49.4. The summed E-state index contributed by atoms with van der Waals surface area (Å²) in [6.45, 7) is 0.455. The minimum atomic E-state index is -5.24. The lowest BCUT2D eigenvalue weighted by Crippen LogP contribution is -2.64. The van der Waals surface area contributed by atoms with Crippen molar-refractivity contribution in [2.75, 3.05) is 13.2 Å². The maximum absolute atomic E-state index is 12.0. The molecule has 0 amide bonds. The zero-order valence-corrected chi connectivity index (χ0v) is 18.2. The number of unbranched alkanes of at least 4 members (excludes halogenated alkanes) is 1. The Morgan fingerprint density at radius 3 is 1.84 bits per heavy atom. The van der Waals surface area contributed by atoms with Crippen molar-refractivity contribution in [3.63, 3.8) is 0 Å². The Labute approximate surface area is 177 Å². The van der Waals surface area contributed by atoms with Gasteiger partial charge < -0.3 is 44.9 Å². The highest BCUT2D eigenvalue weighted by molar-refractivity contribution is 7.47. The monoisotopic (exact) mass is 498 g/mol. The molecule has 1 fully saturated rings. The first-order valence-corrected chi connectivity index (χ1v) is 12.2. The summed E-state index contributed by atoms with van der Waals surface area (Å²) in [7, 11) is -10.3. The molecule has 1 saturated carbocycles. The summed E-state index contributed by atoms with van der Waals surface area (Å²) in [5.74, 6) is -0.590. The number of hydrogen-bond donors (Lipinski definition) is 8. The second-order valence-corrected chi connectivity index (χ2v) is 9.40. The minimum Gasteiger partial charge on any atom is -0.463 e. The Hall–Kier alpha value is -0.510. The van der Waals surface area contributed by atoms with Crippen molar-refractivity contribution in [3.05, 3.63) is 0 Å². The molecule has 1 aliphatic carbocycles. The Kier molecular flexibility index (Phi) is 11.1. The lowest BCUT2D eigenvalue weighted by atomic mass is 9.85. The molecule has 0 radical (unpaired) electrons. The van der Waals surface area contributed by atoms with E-state index in [-0.39, 0.29) is 6.42 Å². The zero-order chi connectivity index (χ0) is 24.0. The predicted octanol–water partition coefficient (Wildman–Crippen LogP) is -2.48. The molecule has 0 aromatic rings. The first-order chi connectivity index (χ1) is 14.2. The molecule has 0 spiro atoms. The van der Waals surface area contributed by atoms with E-state index in [9.17, 15) is 44.4 Å². The van der Waals surface area contributed by atoms with Gasteiger partial charge in [-0.3, -0.25) is 18.4 Å². The van der Waals surface area contributed by atoms with E-state index in [1.54, 1.807) is 0 Å². The van der Waals surface area contributed by atoms with Crippen molar-refractivity contribution in [3.8, 4) is 0 Å². The number of hydrogen-bond acceptors (Lipinski definition) is 12. The Morgan fingerprint density at radius 2 is 1.39 bits per heavy atom. The number of rotatable bonds is 12. The highest BCUT2D eigenvalue weighted by atomic mass is 31.2. The molecule has 15 nitrogen and oxygen atoms in total. The third kappa shape index (κ3) is 9.48. The lowest BCUT2D eigenvalue weighted by Gasteiger charge is -2.43. The molecule has 6 unspecified atom stereocenters. The van der Waals surface area contributed by atoms with Crippen molar-refractivity contribution in [2.45, 2.75) is 68.9 Å². The van der Waals surface area contributed by atoms with Crippen LogP contribution in [0.1, 0.15) is 26.2 Å². The minimum absolute atomic E-state index is 0.126. The first-order valence-electron chi connectivity index (χ1n) is 9.14. The number of phosphoric ester groups is 2. The van der Waals surface area contributed by atoms with Gasteiger partial charge in [0.25, 0.3) is 0 Å². The van der Waals surface area contributed by atoms with E-state index in [2.05, 4.69) is 13.6 Å². The molecule has 1 rings (SSSR count). The number of carbonyl (C=O) groups excluding carboxylic acids is 1. The fraction of sp³-hybridized carbons (Fsp3) is 0.929. The van der Waals surface area contributed by atoms with Crippen LogP contribution < -0.4 is 0 Å². The molecular formula is C14H28O15P2. The topological polar surface area (TPSA) is 250 Å². The fourth-order valence-electron chi connectivity index (χ4n) is 2.58. The largest absolute Gasteiger partial charge is 0.472 e. The van der Waals surface area contributed by atoms with Crippen LogP contribution in [-0.2, 0) is 32.2 Å². The van der Waals surface area contributed by atoms with Crippen molar-refractivity contribution >= 4 is 21.6 Å². The summed E-state index contributed by atoms with van der Waals surface area (Å²) in [6, 6.07) is 0. The van der Waals surface area contributed by atoms with Crippen molar-refractivity contribution < 1.29 is 72.4 Å². The van der Waals surface area contributed by atoms with E-state index in [0.29, 0.717) is 6.42 Å². The van der Waals surface area contributed by atoms with Crippen molar-refractivity contribution in [2.24, 2.45) is 0 Å². The number of phosphoric acid groups is 2. The number of aliphatic hydroxyl groups is 5. The van der Waals surface area contributed by atoms with Crippen LogP contribution in [0.15, 0.2) is 0 Å². The standard InChI is InChI=1S/C14H28O15P2/c1-2-3-4-8(16)26-5-7(15)6-27-31(24,25)29-14-11(19)9(17)13(10(18)12(14)20)28-30(21,22)23/h7,9-15,17-20H,2-6H2,1H3,(H,24,25)(H2,21,22,23). The van der Waals surface area contributed by atoms with E-state index in [1.807, 2.05) is 6.92 Å². The number of carbonyl (C=O) groups is 1. The third-order valence-electron chi connectivity index (χ3n) is 4.16. The summed E-state index contributed by atoms with van der Waals surface area (Å²) < 4.78 is 40.8. The quantitative estimate of drug-likeness (QED) is 0.102. The molecular weight excluding hydrogens is 470 g/mol. The highest BCUT2D eigenvalue weighted by Gasteiger charge is 2.54. The van der Waals surface area contributed by atoms with Crippen molar-refractivity contribution in [1.29, 1.82) is 0 Å². The third-order valence-corrected chi connectivity index (χ3v) is 5.66. The molecule has 8 N–H and O–H groups in total. The zero-order valence-electron chi connectivity index (χ0n) is 16.4. The second kappa shape index (κ2) is 12.1. The SMILES string of the molecule is CCCCC(=O)OCC(O)COP(=O)(O)OC1C(O)C(O)C(OP(=O)(O)O)C(O)C1O. The predicted molar refractivity (Wildman–Crippen MR) is 98.1 cm³/mol. The van der Waals surface area contributed by atoms with Crippen LogP contribution in [0.4, 0.5) is 0 Å². The summed E-state index contributed by atoms with van der Waals surface area (Å²) in [5.41, 5.74) is 0. The van der Waals surface area contributed by atoms with Gasteiger partial charge in [-0.1, -0.05) is 13.3 Å². The van der Waals surface area contributed by atoms with E-state index in [4.69, 9.17) is 14.5 Å². The highest BCUT2D eigenvalue weighted by Crippen LogP contribution is 2.48. The molecule has 17 heteroatoms. The van der Waals surface area contributed by atoms with Crippen LogP contribution >= 0.6 is 15.6 Å². The fourth-order valence-corrected chi connectivity index (χ4v) is 4.13. The van der Waals surface area contributed by atoms with Crippen LogP contribution in [0.25, 0.3) is 0 Å². The Morgan fingerprint density at radius 1 is 0.903 bits per heavy atom. The van der Waals surface area contributed by atoms with Gasteiger partial charge in [-0.15, -0.1) is 0 Å². The van der Waals surface area contributed by atoms with Gasteiger partial charge in [0, 0.05) is 6.42 Å². The Balaban J connectivity index is 2.64. The molecule has 0 aromatic carbocycles. The number of aliphatic hydroxyl groups excluding tert-OH is 5. The molecule has 0 aromatic heterocycles.